The van der Waals surface area contributed by atoms with Crippen molar-refractivity contribution in [1.29, 1.82) is 0 Å². The Bertz CT molecular complexity index is 596. The molecule has 0 aliphatic carbocycles. The number of hydrogen-bond acceptors (Lipinski definition) is 2. The van der Waals surface area contributed by atoms with Crippen molar-refractivity contribution in [3.8, 4) is 29.6 Å². The van der Waals surface area contributed by atoms with Gasteiger partial charge >= 0.3 is 0 Å². The molecule has 0 amide bonds. The summed E-state index contributed by atoms with van der Waals surface area (Å²) >= 11 is 0. The van der Waals surface area contributed by atoms with E-state index in [1.165, 1.54) is 0 Å². The number of rotatable bonds is 3. The largest absolute Gasteiger partial charge is 0.497 e. The quantitative estimate of drug-likeness (QED) is 0.766. The Morgan fingerprint density at radius 2 is 1.42 bits per heavy atom. The Hall–Kier alpha value is -2.40. The van der Waals surface area contributed by atoms with Gasteiger partial charge in [-0.25, -0.2) is 0 Å². The van der Waals surface area contributed by atoms with Crippen molar-refractivity contribution in [3.05, 3.63) is 53.1 Å². The molecule has 0 radical (unpaired) electrons. The molecule has 0 aliphatic rings. The Kier molecular flexibility index (Phi) is 3.77. The van der Waals surface area contributed by atoms with E-state index in [1.54, 1.807) is 7.11 Å². The fourth-order valence-corrected chi connectivity index (χ4v) is 1.99. The smallest absolute Gasteiger partial charge is 0.128 e. The van der Waals surface area contributed by atoms with E-state index in [-0.39, 0.29) is 0 Å². The second kappa shape index (κ2) is 5.49. The maximum absolute atomic E-state index is 5.81. The number of hydrogen-bond donors (Lipinski definition) is 0. The highest BCUT2D eigenvalue weighted by atomic mass is 16.5. The molecule has 0 spiro atoms. The third-order valence-electron chi connectivity index (χ3n) is 2.95. The van der Waals surface area contributed by atoms with Crippen LogP contribution in [-0.2, 0) is 0 Å². The molecule has 0 fully saturated rings. The van der Waals surface area contributed by atoms with Crippen LogP contribution in [0.25, 0.3) is 0 Å². The Balaban J connectivity index is 2.26. The number of ether oxygens (including phenoxy) is 2. The number of aryl methyl sites for hydroxylation is 2. The SMILES string of the molecule is C#Cc1c(C)cc(Oc2ccc(OC)cc2)cc1C. The minimum absolute atomic E-state index is 0.771. The fourth-order valence-electron chi connectivity index (χ4n) is 1.99. The normalized spacial score (nSPS) is 9.79. The van der Waals surface area contributed by atoms with Crippen LogP contribution in [0, 0.1) is 26.2 Å². The van der Waals surface area contributed by atoms with E-state index in [9.17, 15) is 0 Å². The number of terminal acetylenes is 1. The molecule has 0 bridgehead atoms. The van der Waals surface area contributed by atoms with Crippen molar-refractivity contribution in [2.45, 2.75) is 13.8 Å². The zero-order valence-corrected chi connectivity index (χ0v) is 11.4. The van der Waals surface area contributed by atoms with Crippen LogP contribution >= 0.6 is 0 Å². The first kappa shape index (κ1) is 13.0. The van der Waals surface area contributed by atoms with Crippen LogP contribution in [0.3, 0.4) is 0 Å². The fraction of sp³-hybridized carbons (Fsp3) is 0.176. The van der Waals surface area contributed by atoms with E-state index in [2.05, 4.69) is 5.92 Å². The van der Waals surface area contributed by atoms with Gasteiger partial charge in [-0.2, -0.15) is 0 Å². The maximum Gasteiger partial charge on any atom is 0.128 e. The van der Waals surface area contributed by atoms with Crippen LogP contribution in [-0.4, -0.2) is 7.11 Å². The highest BCUT2D eigenvalue weighted by Gasteiger charge is 2.05. The molecule has 0 heterocycles. The van der Waals surface area contributed by atoms with Crippen molar-refractivity contribution in [3.63, 3.8) is 0 Å². The molecule has 19 heavy (non-hydrogen) atoms. The standard InChI is InChI=1S/C17H16O2/c1-5-17-12(2)10-16(11-13(17)3)19-15-8-6-14(18-4)7-9-15/h1,6-11H,2-4H3. The highest BCUT2D eigenvalue weighted by molar-refractivity contribution is 5.50. The average Bonchev–Trinajstić information content (AvgIpc) is 2.39. The lowest BCUT2D eigenvalue weighted by atomic mass is 10.0. The van der Waals surface area contributed by atoms with Gasteiger partial charge in [0.15, 0.2) is 0 Å². The van der Waals surface area contributed by atoms with Gasteiger partial charge in [0.2, 0.25) is 0 Å². The van der Waals surface area contributed by atoms with Crippen LogP contribution < -0.4 is 9.47 Å². The first-order valence-corrected chi connectivity index (χ1v) is 6.04. The summed E-state index contributed by atoms with van der Waals surface area (Å²) < 4.78 is 10.9. The van der Waals surface area contributed by atoms with Crippen LogP contribution in [0.1, 0.15) is 16.7 Å². The average molecular weight is 252 g/mol. The van der Waals surface area contributed by atoms with Crippen LogP contribution in [0.15, 0.2) is 36.4 Å². The van der Waals surface area contributed by atoms with Gasteiger partial charge in [-0.1, -0.05) is 5.92 Å². The van der Waals surface area contributed by atoms with Crippen molar-refractivity contribution in [2.75, 3.05) is 7.11 Å². The molecule has 2 heteroatoms. The molecule has 2 aromatic rings. The maximum atomic E-state index is 5.81. The summed E-state index contributed by atoms with van der Waals surface area (Å²) in [4.78, 5) is 0. The topological polar surface area (TPSA) is 18.5 Å². The monoisotopic (exact) mass is 252 g/mol. The van der Waals surface area contributed by atoms with Crippen LogP contribution in [0.4, 0.5) is 0 Å². The minimum atomic E-state index is 0.771. The molecule has 0 unspecified atom stereocenters. The van der Waals surface area contributed by atoms with E-state index < -0.39 is 0 Å². The summed E-state index contributed by atoms with van der Waals surface area (Å²) in [6, 6.07) is 11.4. The van der Waals surface area contributed by atoms with E-state index in [4.69, 9.17) is 15.9 Å². The zero-order chi connectivity index (χ0) is 13.8. The molecule has 0 saturated heterocycles. The van der Waals surface area contributed by atoms with Gasteiger partial charge in [-0.3, -0.25) is 0 Å². The van der Waals surface area contributed by atoms with Gasteiger partial charge in [0.25, 0.3) is 0 Å². The molecule has 0 N–H and O–H groups in total. The molecular weight excluding hydrogens is 236 g/mol. The van der Waals surface area contributed by atoms with E-state index in [0.717, 1.165) is 33.9 Å². The van der Waals surface area contributed by atoms with E-state index in [0.29, 0.717) is 0 Å². The Morgan fingerprint density at radius 1 is 0.895 bits per heavy atom. The van der Waals surface area contributed by atoms with Crippen molar-refractivity contribution >= 4 is 0 Å². The van der Waals surface area contributed by atoms with Crippen molar-refractivity contribution in [2.24, 2.45) is 0 Å². The highest BCUT2D eigenvalue weighted by Crippen LogP contribution is 2.27. The Labute approximate surface area is 114 Å². The summed E-state index contributed by atoms with van der Waals surface area (Å²) in [6.45, 7) is 3.98. The van der Waals surface area contributed by atoms with Gasteiger partial charge in [-0.15, -0.1) is 6.42 Å². The van der Waals surface area contributed by atoms with Gasteiger partial charge < -0.3 is 9.47 Å². The van der Waals surface area contributed by atoms with Crippen molar-refractivity contribution in [1.82, 2.24) is 0 Å². The first-order chi connectivity index (χ1) is 9.13. The summed E-state index contributed by atoms with van der Waals surface area (Å²) in [5, 5.41) is 0. The van der Waals surface area contributed by atoms with Crippen LogP contribution in [0.2, 0.25) is 0 Å². The predicted octanol–water partition coefficient (Wildman–Crippen LogP) is 4.09. The molecule has 0 aromatic heterocycles. The predicted molar refractivity (Wildman–Crippen MR) is 76.9 cm³/mol. The van der Waals surface area contributed by atoms with Gasteiger partial charge in [-0.05, 0) is 61.4 Å². The van der Waals surface area contributed by atoms with E-state index >= 15 is 0 Å². The summed E-state index contributed by atoms with van der Waals surface area (Å²) in [5.41, 5.74) is 3.03. The van der Waals surface area contributed by atoms with Crippen LogP contribution in [0.5, 0.6) is 17.2 Å². The first-order valence-electron chi connectivity index (χ1n) is 6.04. The number of benzene rings is 2. The molecule has 2 rings (SSSR count). The lowest BCUT2D eigenvalue weighted by Crippen LogP contribution is -1.91. The molecule has 96 valence electrons. The summed E-state index contributed by atoms with van der Waals surface area (Å²) in [7, 11) is 1.64. The third-order valence-corrected chi connectivity index (χ3v) is 2.95. The summed E-state index contributed by atoms with van der Waals surface area (Å²) in [5.74, 6) is 5.07. The molecule has 0 aliphatic heterocycles. The number of methoxy groups -OCH3 is 1. The summed E-state index contributed by atoms with van der Waals surface area (Å²) in [6.07, 6.45) is 5.48. The Morgan fingerprint density at radius 3 is 1.89 bits per heavy atom. The third kappa shape index (κ3) is 2.89. The zero-order valence-electron chi connectivity index (χ0n) is 11.4. The van der Waals surface area contributed by atoms with Gasteiger partial charge in [0.05, 0.1) is 7.11 Å². The lowest BCUT2D eigenvalue weighted by Gasteiger charge is -2.10. The molecular formula is C17H16O2. The second-order valence-corrected chi connectivity index (χ2v) is 4.35. The minimum Gasteiger partial charge on any atom is -0.497 e. The molecule has 0 saturated carbocycles. The second-order valence-electron chi connectivity index (χ2n) is 4.35. The van der Waals surface area contributed by atoms with E-state index in [1.807, 2.05) is 50.2 Å². The molecule has 0 atom stereocenters. The van der Waals surface area contributed by atoms with Gasteiger partial charge in [0.1, 0.15) is 17.2 Å². The molecule has 2 nitrogen and oxygen atoms in total. The van der Waals surface area contributed by atoms with Gasteiger partial charge in [0, 0.05) is 5.56 Å². The molecule has 2 aromatic carbocycles. The van der Waals surface area contributed by atoms with Crippen molar-refractivity contribution < 1.29 is 9.47 Å². The lowest BCUT2D eigenvalue weighted by molar-refractivity contribution is 0.413.